The number of hydrogen-bond donors (Lipinski definition) is 0. The smallest absolute Gasteiger partial charge is 0.0105 e. The van der Waals surface area contributed by atoms with Crippen molar-refractivity contribution in [3.8, 4) is 0 Å². The molecule has 0 heteroatoms. The molecule has 6 rings (SSSR count). The van der Waals surface area contributed by atoms with E-state index in [4.69, 9.17) is 0 Å². The average molecular weight is 252 g/mol. The molecule has 5 saturated carbocycles. The molecular weight excluding hydrogens is 228 g/mol. The van der Waals surface area contributed by atoms with Gasteiger partial charge in [0.25, 0.3) is 0 Å². The van der Waals surface area contributed by atoms with Crippen molar-refractivity contribution in [2.24, 2.45) is 23.7 Å². The second-order valence-corrected chi connectivity index (χ2v) is 7.90. The lowest BCUT2D eigenvalue weighted by Crippen LogP contribution is -2.43. The highest BCUT2D eigenvalue weighted by molar-refractivity contribution is 5.31. The van der Waals surface area contributed by atoms with Crippen LogP contribution in [0, 0.1) is 23.7 Å². The Balaban J connectivity index is 1.45. The van der Waals surface area contributed by atoms with E-state index < -0.39 is 0 Å². The van der Waals surface area contributed by atoms with Gasteiger partial charge in [-0.15, -0.1) is 0 Å². The first kappa shape index (κ1) is 10.9. The summed E-state index contributed by atoms with van der Waals surface area (Å²) in [5, 5.41) is 0. The van der Waals surface area contributed by atoms with Gasteiger partial charge in [0.05, 0.1) is 0 Å². The molecule has 100 valence electrons. The standard InChI is InChI=1S/C19H24/c1-2-14(1)15-3-5-16(6-4-15)19-17-8-12-7-13(10-17)11-18(19)9-12/h3-6,12-14,17-19H,1-2,7-11H2. The second-order valence-electron chi connectivity index (χ2n) is 7.90. The summed E-state index contributed by atoms with van der Waals surface area (Å²) < 4.78 is 0. The van der Waals surface area contributed by atoms with Gasteiger partial charge in [-0.2, -0.15) is 0 Å². The van der Waals surface area contributed by atoms with Crippen molar-refractivity contribution in [2.45, 2.75) is 56.8 Å². The third kappa shape index (κ3) is 1.72. The molecule has 0 N–H and O–H groups in total. The van der Waals surface area contributed by atoms with E-state index in [1.165, 1.54) is 12.8 Å². The maximum atomic E-state index is 2.49. The second kappa shape index (κ2) is 3.87. The first-order valence-corrected chi connectivity index (χ1v) is 8.46. The van der Waals surface area contributed by atoms with Gasteiger partial charge in [-0.05, 0) is 91.6 Å². The molecule has 0 nitrogen and oxygen atoms in total. The van der Waals surface area contributed by atoms with Crippen LogP contribution < -0.4 is 0 Å². The monoisotopic (exact) mass is 252 g/mol. The molecule has 0 aromatic heterocycles. The van der Waals surface area contributed by atoms with Crippen molar-refractivity contribution in [1.82, 2.24) is 0 Å². The summed E-state index contributed by atoms with van der Waals surface area (Å²) in [5.41, 5.74) is 3.28. The van der Waals surface area contributed by atoms with E-state index in [2.05, 4.69) is 24.3 Å². The van der Waals surface area contributed by atoms with Gasteiger partial charge in [-0.25, -0.2) is 0 Å². The van der Waals surface area contributed by atoms with E-state index >= 15 is 0 Å². The summed E-state index contributed by atoms with van der Waals surface area (Å²) in [7, 11) is 0. The Bertz CT molecular complexity index is 451. The van der Waals surface area contributed by atoms with Gasteiger partial charge < -0.3 is 0 Å². The number of benzene rings is 1. The Morgan fingerprint density at radius 2 is 1.16 bits per heavy atom. The van der Waals surface area contributed by atoms with Gasteiger partial charge in [0.15, 0.2) is 0 Å². The molecule has 1 aromatic rings. The Morgan fingerprint density at radius 1 is 0.632 bits per heavy atom. The fraction of sp³-hybridized carbons (Fsp3) is 0.684. The minimum Gasteiger partial charge on any atom is -0.0585 e. The maximum Gasteiger partial charge on any atom is -0.0105 e. The lowest BCUT2D eigenvalue weighted by Gasteiger charge is -2.54. The van der Waals surface area contributed by atoms with Crippen LogP contribution in [0.4, 0.5) is 0 Å². The first-order chi connectivity index (χ1) is 9.37. The fourth-order valence-corrected chi connectivity index (χ4v) is 5.88. The lowest BCUT2D eigenvalue weighted by atomic mass is 9.51. The van der Waals surface area contributed by atoms with E-state index in [9.17, 15) is 0 Å². The third-order valence-electron chi connectivity index (χ3n) is 6.60. The third-order valence-corrected chi connectivity index (χ3v) is 6.60. The lowest BCUT2D eigenvalue weighted by molar-refractivity contribution is -0.00278. The van der Waals surface area contributed by atoms with E-state index in [1.807, 2.05) is 0 Å². The van der Waals surface area contributed by atoms with E-state index in [-0.39, 0.29) is 0 Å². The molecule has 19 heavy (non-hydrogen) atoms. The molecule has 5 aliphatic carbocycles. The summed E-state index contributed by atoms with van der Waals surface area (Å²) in [6.07, 6.45) is 10.6. The molecule has 0 spiro atoms. The fourth-order valence-electron chi connectivity index (χ4n) is 5.88. The molecule has 0 unspecified atom stereocenters. The van der Waals surface area contributed by atoms with Crippen molar-refractivity contribution >= 4 is 0 Å². The highest BCUT2D eigenvalue weighted by Crippen LogP contribution is 2.59. The molecule has 4 bridgehead atoms. The van der Waals surface area contributed by atoms with Crippen LogP contribution in [0.5, 0.6) is 0 Å². The molecule has 1 aromatic carbocycles. The van der Waals surface area contributed by atoms with E-state index in [0.29, 0.717) is 0 Å². The molecular formula is C19H24. The first-order valence-electron chi connectivity index (χ1n) is 8.46. The van der Waals surface area contributed by atoms with Gasteiger partial charge in [-0.1, -0.05) is 24.3 Å². The predicted molar refractivity (Wildman–Crippen MR) is 78.2 cm³/mol. The zero-order valence-corrected chi connectivity index (χ0v) is 11.7. The minimum absolute atomic E-state index is 0.910. The normalized spacial score (nSPS) is 43.7. The number of rotatable bonds is 2. The molecule has 0 atom stereocenters. The number of hydrogen-bond acceptors (Lipinski definition) is 0. The largest absolute Gasteiger partial charge is 0.0585 e. The summed E-state index contributed by atoms with van der Waals surface area (Å²) in [6.45, 7) is 0. The Hall–Kier alpha value is -0.780. The molecule has 0 heterocycles. The molecule has 0 amide bonds. The van der Waals surface area contributed by atoms with E-state index in [1.54, 1.807) is 43.2 Å². The molecule has 0 radical (unpaired) electrons. The van der Waals surface area contributed by atoms with Crippen molar-refractivity contribution in [2.75, 3.05) is 0 Å². The van der Waals surface area contributed by atoms with Crippen LogP contribution in [0.25, 0.3) is 0 Å². The molecule has 5 aliphatic rings. The van der Waals surface area contributed by atoms with Gasteiger partial charge in [0, 0.05) is 0 Å². The quantitative estimate of drug-likeness (QED) is 0.686. The zero-order chi connectivity index (χ0) is 12.4. The van der Waals surface area contributed by atoms with Crippen LogP contribution >= 0.6 is 0 Å². The van der Waals surface area contributed by atoms with Crippen LogP contribution in [0.2, 0.25) is 0 Å². The highest BCUT2D eigenvalue weighted by Gasteiger charge is 2.48. The van der Waals surface area contributed by atoms with E-state index in [0.717, 1.165) is 35.5 Å². The van der Waals surface area contributed by atoms with Crippen LogP contribution in [-0.2, 0) is 0 Å². The van der Waals surface area contributed by atoms with Crippen molar-refractivity contribution in [3.05, 3.63) is 35.4 Å². The minimum atomic E-state index is 0.910. The van der Waals surface area contributed by atoms with Gasteiger partial charge >= 0.3 is 0 Å². The van der Waals surface area contributed by atoms with Crippen LogP contribution in [0.15, 0.2) is 24.3 Å². The van der Waals surface area contributed by atoms with Gasteiger partial charge in [0.1, 0.15) is 0 Å². The molecule has 5 fully saturated rings. The summed E-state index contributed by atoms with van der Waals surface area (Å²) in [4.78, 5) is 0. The SMILES string of the molecule is c1cc(C2C3CC4CC(C3)CC2C4)ccc1C1CC1. The van der Waals surface area contributed by atoms with Crippen LogP contribution in [0.3, 0.4) is 0 Å². The average Bonchev–Trinajstić information content (AvgIpc) is 3.22. The summed E-state index contributed by atoms with van der Waals surface area (Å²) in [6, 6.07) is 9.86. The highest BCUT2D eigenvalue weighted by atomic mass is 14.5. The van der Waals surface area contributed by atoms with Crippen molar-refractivity contribution in [1.29, 1.82) is 0 Å². The predicted octanol–water partition coefficient (Wildman–Crippen LogP) is 5.10. The Morgan fingerprint density at radius 3 is 1.68 bits per heavy atom. The zero-order valence-electron chi connectivity index (χ0n) is 11.7. The summed E-state index contributed by atoms with van der Waals surface area (Å²) in [5.74, 6) is 6.09. The summed E-state index contributed by atoms with van der Waals surface area (Å²) >= 11 is 0. The van der Waals surface area contributed by atoms with Gasteiger partial charge in [0.2, 0.25) is 0 Å². The van der Waals surface area contributed by atoms with Crippen molar-refractivity contribution in [3.63, 3.8) is 0 Å². The maximum absolute atomic E-state index is 2.49. The van der Waals surface area contributed by atoms with Crippen molar-refractivity contribution < 1.29 is 0 Å². The Labute approximate surface area is 116 Å². The van der Waals surface area contributed by atoms with Gasteiger partial charge in [-0.3, -0.25) is 0 Å². The topological polar surface area (TPSA) is 0 Å². The molecule has 0 aliphatic heterocycles. The Kier molecular flexibility index (Phi) is 2.23. The van der Waals surface area contributed by atoms with Crippen LogP contribution in [-0.4, -0.2) is 0 Å². The molecule has 0 saturated heterocycles. The van der Waals surface area contributed by atoms with Crippen LogP contribution in [0.1, 0.15) is 67.9 Å².